The predicted molar refractivity (Wildman–Crippen MR) is 67.4 cm³/mol. The Morgan fingerprint density at radius 2 is 2.12 bits per heavy atom. The molecule has 0 fully saturated rings. The SMILES string of the molecule is Cn1c(C(=O)O)cc2c3ccc(Br)cc3oc21. The van der Waals surface area contributed by atoms with Crippen LogP contribution in [0, 0.1) is 0 Å². The maximum Gasteiger partial charge on any atom is 0.352 e. The van der Waals surface area contributed by atoms with Crippen LogP contribution in [0.4, 0.5) is 0 Å². The average Bonchev–Trinajstić information content (AvgIpc) is 2.76. The lowest BCUT2D eigenvalue weighted by Crippen LogP contribution is -2.03. The highest BCUT2D eigenvalue weighted by molar-refractivity contribution is 9.10. The molecule has 0 aliphatic carbocycles. The Labute approximate surface area is 105 Å². The average molecular weight is 294 g/mol. The molecule has 0 atom stereocenters. The van der Waals surface area contributed by atoms with Crippen LogP contribution in [-0.4, -0.2) is 15.6 Å². The lowest BCUT2D eigenvalue weighted by molar-refractivity contribution is 0.0686. The molecule has 86 valence electrons. The summed E-state index contributed by atoms with van der Waals surface area (Å²) in [4.78, 5) is 11.0. The van der Waals surface area contributed by atoms with E-state index in [2.05, 4.69) is 15.9 Å². The standard InChI is InChI=1S/C12H8BrNO3/c1-14-9(12(15)16)5-8-7-3-2-6(13)4-10(7)17-11(8)14/h2-5H,1H3,(H,15,16). The first-order valence-electron chi connectivity index (χ1n) is 4.98. The minimum Gasteiger partial charge on any atom is -0.477 e. The fraction of sp³-hybridized carbons (Fsp3) is 0.0833. The molecular formula is C12H8BrNO3. The summed E-state index contributed by atoms with van der Waals surface area (Å²) in [6, 6.07) is 7.33. The van der Waals surface area contributed by atoms with Gasteiger partial charge in [-0.25, -0.2) is 4.79 Å². The quantitative estimate of drug-likeness (QED) is 0.748. The number of hydrogen-bond donors (Lipinski definition) is 1. The first-order chi connectivity index (χ1) is 8.08. The van der Waals surface area contributed by atoms with Crippen molar-refractivity contribution in [1.29, 1.82) is 0 Å². The van der Waals surface area contributed by atoms with Crippen LogP contribution in [0.3, 0.4) is 0 Å². The molecule has 1 aromatic carbocycles. The zero-order valence-corrected chi connectivity index (χ0v) is 10.5. The van der Waals surface area contributed by atoms with Gasteiger partial charge in [-0.05, 0) is 24.3 Å². The van der Waals surface area contributed by atoms with Crippen LogP contribution in [0.25, 0.3) is 22.1 Å². The summed E-state index contributed by atoms with van der Waals surface area (Å²) in [5.74, 6) is -0.954. The third-order valence-electron chi connectivity index (χ3n) is 2.84. The summed E-state index contributed by atoms with van der Waals surface area (Å²) in [5.41, 5.74) is 1.55. The van der Waals surface area contributed by atoms with Crippen molar-refractivity contribution >= 4 is 44.0 Å². The molecule has 1 N–H and O–H groups in total. The van der Waals surface area contributed by atoms with Crippen molar-refractivity contribution in [2.45, 2.75) is 0 Å². The molecule has 17 heavy (non-hydrogen) atoms. The molecule has 5 heteroatoms. The second-order valence-electron chi connectivity index (χ2n) is 3.86. The number of hydrogen-bond acceptors (Lipinski definition) is 2. The van der Waals surface area contributed by atoms with Crippen molar-refractivity contribution < 1.29 is 14.3 Å². The van der Waals surface area contributed by atoms with Crippen molar-refractivity contribution in [3.63, 3.8) is 0 Å². The van der Waals surface area contributed by atoms with E-state index in [0.717, 1.165) is 20.8 Å². The van der Waals surface area contributed by atoms with Crippen molar-refractivity contribution in [2.75, 3.05) is 0 Å². The van der Waals surface area contributed by atoms with Gasteiger partial charge in [-0.1, -0.05) is 15.9 Å². The number of carboxylic acids is 1. The monoisotopic (exact) mass is 293 g/mol. The van der Waals surface area contributed by atoms with Crippen molar-refractivity contribution in [1.82, 2.24) is 4.57 Å². The van der Waals surface area contributed by atoms with Gasteiger partial charge in [-0.2, -0.15) is 0 Å². The number of furan rings is 1. The minimum absolute atomic E-state index is 0.226. The Morgan fingerprint density at radius 3 is 2.82 bits per heavy atom. The first-order valence-corrected chi connectivity index (χ1v) is 5.78. The van der Waals surface area contributed by atoms with Gasteiger partial charge < -0.3 is 14.1 Å². The van der Waals surface area contributed by atoms with Gasteiger partial charge in [0.15, 0.2) is 0 Å². The molecule has 2 heterocycles. The van der Waals surface area contributed by atoms with Crippen LogP contribution in [-0.2, 0) is 7.05 Å². The molecule has 0 radical (unpaired) electrons. The molecule has 0 amide bonds. The van der Waals surface area contributed by atoms with E-state index < -0.39 is 5.97 Å². The Balaban J connectivity index is 2.45. The lowest BCUT2D eigenvalue weighted by Gasteiger charge is -1.96. The molecule has 0 unspecified atom stereocenters. The van der Waals surface area contributed by atoms with E-state index in [1.165, 1.54) is 0 Å². The number of carboxylic acid groups (broad SMARTS) is 1. The summed E-state index contributed by atoms with van der Waals surface area (Å²) < 4.78 is 8.14. The third kappa shape index (κ3) is 1.39. The maximum atomic E-state index is 11.0. The van der Waals surface area contributed by atoms with Crippen molar-refractivity contribution in [3.8, 4) is 0 Å². The van der Waals surface area contributed by atoms with E-state index in [1.54, 1.807) is 17.7 Å². The van der Waals surface area contributed by atoms with Gasteiger partial charge in [-0.3, -0.25) is 0 Å². The van der Waals surface area contributed by atoms with Gasteiger partial charge in [0.05, 0.1) is 0 Å². The van der Waals surface area contributed by atoms with E-state index in [1.807, 2.05) is 18.2 Å². The molecule has 2 aromatic heterocycles. The predicted octanol–water partition coefficient (Wildman–Crippen LogP) is 3.39. The number of aryl methyl sites for hydroxylation is 1. The van der Waals surface area contributed by atoms with Crippen molar-refractivity contribution in [3.05, 3.63) is 34.4 Å². The molecule has 0 aliphatic rings. The Kier molecular flexibility index (Phi) is 2.06. The number of nitrogens with zero attached hydrogens (tertiary/aromatic N) is 1. The molecule has 0 bridgehead atoms. The summed E-state index contributed by atoms with van der Waals surface area (Å²) in [6.07, 6.45) is 0. The van der Waals surface area contributed by atoms with E-state index in [4.69, 9.17) is 9.52 Å². The van der Waals surface area contributed by atoms with E-state index in [9.17, 15) is 4.79 Å². The zero-order chi connectivity index (χ0) is 12.2. The number of benzene rings is 1. The second kappa shape index (κ2) is 3.37. The van der Waals surface area contributed by atoms with Crippen LogP contribution < -0.4 is 0 Å². The highest BCUT2D eigenvalue weighted by atomic mass is 79.9. The lowest BCUT2D eigenvalue weighted by atomic mass is 10.2. The largest absolute Gasteiger partial charge is 0.477 e. The van der Waals surface area contributed by atoms with Crippen LogP contribution in [0.15, 0.2) is 33.2 Å². The molecule has 0 saturated carbocycles. The highest BCUT2D eigenvalue weighted by Crippen LogP contribution is 2.32. The number of aromatic carboxylic acids is 1. The minimum atomic E-state index is -0.954. The Hall–Kier alpha value is -1.75. The van der Waals surface area contributed by atoms with Crippen molar-refractivity contribution in [2.24, 2.45) is 7.05 Å². The molecule has 0 aliphatic heterocycles. The van der Waals surface area contributed by atoms with Gasteiger partial charge in [0, 0.05) is 22.3 Å². The fourth-order valence-corrected chi connectivity index (χ4v) is 2.35. The first kappa shape index (κ1) is 10.4. The van der Waals surface area contributed by atoms with Crippen LogP contribution in [0.1, 0.15) is 10.5 Å². The number of fused-ring (bicyclic) bond motifs is 3. The Bertz CT molecular complexity index is 754. The molecule has 0 spiro atoms. The normalized spacial score (nSPS) is 11.4. The molecule has 3 rings (SSSR count). The van der Waals surface area contributed by atoms with Gasteiger partial charge in [0.1, 0.15) is 11.3 Å². The van der Waals surface area contributed by atoms with E-state index in [0.29, 0.717) is 5.71 Å². The molecule has 3 aromatic rings. The molecule has 4 nitrogen and oxygen atoms in total. The number of aromatic nitrogens is 1. The summed E-state index contributed by atoms with van der Waals surface area (Å²) >= 11 is 3.37. The number of rotatable bonds is 1. The molecular weight excluding hydrogens is 286 g/mol. The maximum absolute atomic E-state index is 11.0. The van der Waals surface area contributed by atoms with Gasteiger partial charge in [0.2, 0.25) is 5.71 Å². The highest BCUT2D eigenvalue weighted by Gasteiger charge is 2.17. The van der Waals surface area contributed by atoms with Crippen LogP contribution >= 0.6 is 15.9 Å². The third-order valence-corrected chi connectivity index (χ3v) is 3.33. The molecule has 0 saturated heterocycles. The summed E-state index contributed by atoms with van der Waals surface area (Å²) in [5, 5.41) is 10.8. The van der Waals surface area contributed by atoms with E-state index in [-0.39, 0.29) is 5.69 Å². The van der Waals surface area contributed by atoms with Crippen LogP contribution in [0.5, 0.6) is 0 Å². The van der Waals surface area contributed by atoms with Crippen LogP contribution in [0.2, 0.25) is 0 Å². The number of halogens is 1. The summed E-state index contributed by atoms with van der Waals surface area (Å²) in [6.45, 7) is 0. The van der Waals surface area contributed by atoms with Gasteiger partial charge in [-0.15, -0.1) is 0 Å². The van der Waals surface area contributed by atoms with Gasteiger partial charge in [0.25, 0.3) is 0 Å². The fourth-order valence-electron chi connectivity index (χ4n) is 2.01. The smallest absolute Gasteiger partial charge is 0.352 e. The second-order valence-corrected chi connectivity index (χ2v) is 4.77. The van der Waals surface area contributed by atoms with Gasteiger partial charge >= 0.3 is 5.97 Å². The topological polar surface area (TPSA) is 55.4 Å². The Morgan fingerprint density at radius 1 is 1.35 bits per heavy atom. The summed E-state index contributed by atoms with van der Waals surface area (Å²) in [7, 11) is 1.68. The zero-order valence-electron chi connectivity index (χ0n) is 8.90. The number of carbonyl (C=O) groups is 1. The van der Waals surface area contributed by atoms with E-state index >= 15 is 0 Å².